The fourth-order valence-electron chi connectivity index (χ4n) is 3.53. The van der Waals surface area contributed by atoms with Crippen LogP contribution in [-0.2, 0) is 16.0 Å². The zero-order valence-electron chi connectivity index (χ0n) is 18.9. The highest BCUT2D eigenvalue weighted by atomic mass is 32.2. The van der Waals surface area contributed by atoms with Gasteiger partial charge in [-0.1, -0.05) is 42.5 Å². The molecular formula is C25H21F3N4O3S. The molecule has 11 heteroatoms. The summed E-state index contributed by atoms with van der Waals surface area (Å²) < 4.78 is 62.1. The molecule has 0 bridgehead atoms. The van der Waals surface area contributed by atoms with E-state index < -0.39 is 33.6 Å². The van der Waals surface area contributed by atoms with Crippen LogP contribution in [-0.4, -0.2) is 30.9 Å². The van der Waals surface area contributed by atoms with Crippen molar-refractivity contribution in [3.63, 3.8) is 0 Å². The molecule has 1 heterocycles. The molecule has 0 aliphatic heterocycles. The predicted octanol–water partition coefficient (Wildman–Crippen LogP) is 5.41. The smallest absolute Gasteiger partial charge is 0.325 e. The van der Waals surface area contributed by atoms with E-state index in [4.69, 9.17) is 0 Å². The van der Waals surface area contributed by atoms with Crippen molar-refractivity contribution in [2.75, 3.05) is 11.6 Å². The van der Waals surface area contributed by atoms with Gasteiger partial charge in [0.1, 0.15) is 6.04 Å². The third kappa shape index (κ3) is 5.92. The Hall–Kier alpha value is -4.12. The van der Waals surface area contributed by atoms with E-state index >= 15 is 0 Å². The molecule has 2 amide bonds. The second-order valence-corrected chi connectivity index (χ2v) is 10.0. The van der Waals surface area contributed by atoms with Crippen LogP contribution < -0.4 is 10.6 Å². The predicted molar refractivity (Wildman–Crippen MR) is 129 cm³/mol. The average molecular weight is 515 g/mol. The van der Waals surface area contributed by atoms with E-state index in [0.29, 0.717) is 17.0 Å². The molecule has 4 aromatic rings. The summed E-state index contributed by atoms with van der Waals surface area (Å²) in [6.07, 6.45) is -3.39. The Kier molecular flexibility index (Phi) is 6.84. The van der Waals surface area contributed by atoms with E-state index in [9.17, 15) is 26.4 Å². The van der Waals surface area contributed by atoms with E-state index in [0.717, 1.165) is 36.1 Å². The topological polar surface area (TPSA) is 104 Å². The van der Waals surface area contributed by atoms with Gasteiger partial charge in [0.2, 0.25) is 0 Å². The molecule has 3 N–H and O–H groups in total. The van der Waals surface area contributed by atoms with Crippen molar-refractivity contribution in [1.82, 2.24) is 15.5 Å². The quantitative estimate of drug-likeness (QED) is 0.320. The summed E-state index contributed by atoms with van der Waals surface area (Å²) in [7, 11) is -3.42. The standard InChI is InChI=1S/C25H21F3N4O3S/c1-36(34,35)20-13-7-17(8-14-20)23(22-15-21(31-32-22)16-5-3-2-4-6-16)30-24(33)29-19-11-9-18(10-12-19)25(26,27)28/h2-15,23H,1H3,(H,31,32)(H2,29,30,33). The number of H-pyrrole nitrogens is 1. The maximum Gasteiger partial charge on any atom is 0.416 e. The van der Waals surface area contributed by atoms with Crippen LogP contribution in [0.5, 0.6) is 0 Å². The van der Waals surface area contributed by atoms with E-state index in [1.807, 2.05) is 30.3 Å². The fourth-order valence-corrected chi connectivity index (χ4v) is 4.16. The van der Waals surface area contributed by atoms with Gasteiger partial charge in [-0.25, -0.2) is 13.2 Å². The fraction of sp³-hybridized carbons (Fsp3) is 0.120. The normalized spacial score (nSPS) is 12.7. The second-order valence-electron chi connectivity index (χ2n) is 8.02. The zero-order chi connectivity index (χ0) is 25.9. The summed E-state index contributed by atoms with van der Waals surface area (Å²) in [5.41, 5.74) is 1.91. The molecular weight excluding hydrogens is 493 g/mol. The number of hydrogen-bond acceptors (Lipinski definition) is 4. The molecule has 3 aromatic carbocycles. The number of halogens is 3. The van der Waals surface area contributed by atoms with Gasteiger partial charge in [0.15, 0.2) is 9.84 Å². The van der Waals surface area contributed by atoms with Crippen LogP contribution in [0.25, 0.3) is 11.3 Å². The van der Waals surface area contributed by atoms with Crippen LogP contribution in [0.2, 0.25) is 0 Å². The number of nitrogens with zero attached hydrogens (tertiary/aromatic N) is 1. The number of aromatic amines is 1. The lowest BCUT2D eigenvalue weighted by molar-refractivity contribution is -0.137. The van der Waals surface area contributed by atoms with Crippen molar-refractivity contribution in [3.8, 4) is 11.3 Å². The average Bonchev–Trinajstić information content (AvgIpc) is 3.32. The Bertz CT molecular complexity index is 1450. The minimum atomic E-state index is -4.49. The van der Waals surface area contributed by atoms with Crippen molar-refractivity contribution in [2.45, 2.75) is 17.1 Å². The van der Waals surface area contributed by atoms with E-state index in [-0.39, 0.29) is 10.6 Å². The van der Waals surface area contributed by atoms with Gasteiger partial charge >= 0.3 is 12.2 Å². The first-order valence-electron chi connectivity index (χ1n) is 10.7. The van der Waals surface area contributed by atoms with E-state index in [1.54, 1.807) is 18.2 Å². The Morgan fingerprint density at radius 2 is 1.58 bits per heavy atom. The Balaban J connectivity index is 1.61. The van der Waals surface area contributed by atoms with Gasteiger partial charge in [-0.2, -0.15) is 18.3 Å². The molecule has 1 aromatic heterocycles. The summed E-state index contributed by atoms with van der Waals surface area (Å²) in [5.74, 6) is 0. The summed E-state index contributed by atoms with van der Waals surface area (Å²) >= 11 is 0. The molecule has 1 unspecified atom stereocenters. The number of sulfone groups is 1. The Labute approximate surface area is 205 Å². The van der Waals surface area contributed by atoms with Gasteiger partial charge in [-0.05, 0) is 53.6 Å². The molecule has 36 heavy (non-hydrogen) atoms. The number of alkyl halides is 3. The molecule has 0 aliphatic rings. The monoisotopic (exact) mass is 514 g/mol. The van der Waals surface area contributed by atoms with Crippen LogP contribution in [0.15, 0.2) is 89.8 Å². The summed E-state index contributed by atoms with van der Waals surface area (Å²) in [6, 6.07) is 19.7. The summed E-state index contributed by atoms with van der Waals surface area (Å²) in [5, 5.41) is 12.5. The number of rotatable bonds is 6. The molecule has 1 atom stereocenters. The zero-order valence-corrected chi connectivity index (χ0v) is 19.7. The van der Waals surface area contributed by atoms with Crippen molar-refractivity contribution in [3.05, 3.63) is 102 Å². The van der Waals surface area contributed by atoms with Gasteiger partial charge < -0.3 is 10.6 Å². The summed E-state index contributed by atoms with van der Waals surface area (Å²) in [4.78, 5) is 12.9. The van der Waals surface area contributed by atoms with Crippen LogP contribution in [0.1, 0.15) is 22.9 Å². The number of amides is 2. The van der Waals surface area contributed by atoms with E-state index in [1.165, 1.54) is 12.1 Å². The highest BCUT2D eigenvalue weighted by Gasteiger charge is 2.30. The Morgan fingerprint density at radius 1 is 0.944 bits per heavy atom. The molecule has 0 saturated heterocycles. The number of urea groups is 1. The lowest BCUT2D eigenvalue weighted by Gasteiger charge is -2.18. The van der Waals surface area contributed by atoms with Crippen LogP contribution in [0, 0.1) is 0 Å². The van der Waals surface area contributed by atoms with Crippen LogP contribution >= 0.6 is 0 Å². The van der Waals surface area contributed by atoms with Gasteiger partial charge in [-0.3, -0.25) is 5.10 Å². The largest absolute Gasteiger partial charge is 0.416 e. The highest BCUT2D eigenvalue weighted by Crippen LogP contribution is 2.30. The van der Waals surface area contributed by atoms with Gasteiger partial charge in [0.25, 0.3) is 0 Å². The van der Waals surface area contributed by atoms with Crippen molar-refractivity contribution < 1.29 is 26.4 Å². The van der Waals surface area contributed by atoms with Crippen LogP contribution in [0.3, 0.4) is 0 Å². The molecule has 0 radical (unpaired) electrons. The number of carbonyl (C=O) groups excluding carboxylic acids is 1. The van der Waals surface area contributed by atoms with Gasteiger partial charge in [0, 0.05) is 11.9 Å². The minimum absolute atomic E-state index is 0.117. The van der Waals surface area contributed by atoms with Gasteiger partial charge in [0.05, 0.1) is 21.8 Å². The highest BCUT2D eigenvalue weighted by molar-refractivity contribution is 7.90. The molecule has 0 aliphatic carbocycles. The van der Waals surface area contributed by atoms with E-state index in [2.05, 4.69) is 20.8 Å². The first-order chi connectivity index (χ1) is 17.0. The van der Waals surface area contributed by atoms with Crippen LogP contribution in [0.4, 0.5) is 23.7 Å². The van der Waals surface area contributed by atoms with Crippen molar-refractivity contribution in [1.29, 1.82) is 0 Å². The third-order valence-corrected chi connectivity index (χ3v) is 6.49. The molecule has 4 rings (SSSR count). The molecule has 186 valence electrons. The second kappa shape index (κ2) is 9.86. The Morgan fingerprint density at radius 3 is 2.17 bits per heavy atom. The maximum atomic E-state index is 12.8. The maximum absolute atomic E-state index is 12.8. The molecule has 0 saturated carbocycles. The first kappa shape index (κ1) is 25.0. The third-order valence-electron chi connectivity index (χ3n) is 5.37. The van der Waals surface area contributed by atoms with Crippen molar-refractivity contribution in [2.24, 2.45) is 0 Å². The number of carbonyl (C=O) groups is 1. The minimum Gasteiger partial charge on any atom is -0.325 e. The lowest BCUT2D eigenvalue weighted by Crippen LogP contribution is -2.33. The number of aromatic nitrogens is 2. The number of benzene rings is 3. The lowest BCUT2D eigenvalue weighted by atomic mass is 10.0. The first-order valence-corrected chi connectivity index (χ1v) is 12.6. The molecule has 7 nitrogen and oxygen atoms in total. The molecule has 0 fully saturated rings. The molecule has 0 spiro atoms. The van der Waals surface area contributed by atoms with Crippen molar-refractivity contribution >= 4 is 21.6 Å². The summed E-state index contributed by atoms with van der Waals surface area (Å²) in [6.45, 7) is 0. The number of hydrogen-bond donors (Lipinski definition) is 3. The SMILES string of the molecule is CS(=O)(=O)c1ccc(C(NC(=O)Nc2ccc(C(F)(F)F)cc2)c2cc(-c3ccccc3)[nH]n2)cc1. The number of nitrogens with one attached hydrogen (secondary N) is 3. The number of anilines is 1. The van der Waals surface area contributed by atoms with Gasteiger partial charge in [-0.15, -0.1) is 0 Å².